The zero-order valence-electron chi connectivity index (χ0n) is 16.9. The summed E-state index contributed by atoms with van der Waals surface area (Å²) in [5.74, 6) is 0.683. The minimum Gasteiger partial charge on any atom is -0.497 e. The molecule has 1 amide bonds. The van der Waals surface area contributed by atoms with Gasteiger partial charge in [-0.05, 0) is 32.4 Å². The molecule has 0 bridgehead atoms. The molecule has 1 saturated heterocycles. The largest absolute Gasteiger partial charge is 0.497 e. The van der Waals surface area contributed by atoms with Crippen molar-refractivity contribution in [1.82, 2.24) is 9.80 Å². The molecule has 0 aliphatic carbocycles. The number of hydrogen-bond donors (Lipinski definition) is 0. The Morgan fingerprint density at radius 3 is 2.44 bits per heavy atom. The van der Waals surface area contributed by atoms with Crippen LogP contribution in [0.5, 0.6) is 5.75 Å². The van der Waals surface area contributed by atoms with E-state index in [1.165, 1.54) is 0 Å². The van der Waals surface area contributed by atoms with Crippen LogP contribution in [0.1, 0.15) is 43.5 Å². The number of ketones is 1. The van der Waals surface area contributed by atoms with E-state index < -0.39 is 0 Å². The van der Waals surface area contributed by atoms with Crippen molar-refractivity contribution in [1.29, 1.82) is 0 Å². The highest BCUT2D eigenvalue weighted by atomic mass is 16.5. The van der Waals surface area contributed by atoms with Crippen molar-refractivity contribution in [3.63, 3.8) is 0 Å². The Bertz CT molecular complexity index is 622. The van der Waals surface area contributed by atoms with Gasteiger partial charge in [-0.1, -0.05) is 12.1 Å². The van der Waals surface area contributed by atoms with Gasteiger partial charge in [-0.15, -0.1) is 0 Å². The topological polar surface area (TPSA) is 59.1 Å². The number of benzene rings is 1. The molecule has 0 N–H and O–H groups in total. The molecule has 6 nitrogen and oxygen atoms in total. The Balaban J connectivity index is 1.84. The van der Waals surface area contributed by atoms with Crippen LogP contribution in [0.4, 0.5) is 0 Å². The first-order chi connectivity index (χ1) is 13.0. The third-order valence-corrected chi connectivity index (χ3v) is 5.18. The van der Waals surface area contributed by atoms with E-state index in [1.807, 2.05) is 4.90 Å². The number of methoxy groups -OCH3 is 2. The first kappa shape index (κ1) is 21.4. The maximum atomic E-state index is 12.6. The Hall–Kier alpha value is -1.92. The molecule has 1 fully saturated rings. The lowest BCUT2D eigenvalue weighted by atomic mass is 10.0. The van der Waals surface area contributed by atoms with Gasteiger partial charge >= 0.3 is 0 Å². The number of Topliss-reactive ketones (excluding diaryl/α,β-unsaturated/α-hetero) is 1. The molecule has 2 rings (SSSR count). The van der Waals surface area contributed by atoms with Crippen LogP contribution in [0.2, 0.25) is 0 Å². The van der Waals surface area contributed by atoms with E-state index in [0.717, 1.165) is 19.6 Å². The summed E-state index contributed by atoms with van der Waals surface area (Å²) in [4.78, 5) is 29.3. The number of rotatable bonds is 9. The molecule has 150 valence electrons. The SMILES string of the molecule is COCCCN1C(C)CN(C(=O)CCC(=O)c2cccc(OC)c2)CC1C. The Labute approximate surface area is 162 Å². The molecular formula is C21H32N2O4. The molecule has 0 saturated carbocycles. The molecule has 27 heavy (non-hydrogen) atoms. The third kappa shape index (κ3) is 6.04. The van der Waals surface area contributed by atoms with Crippen molar-refractivity contribution in [2.45, 2.75) is 45.2 Å². The molecule has 0 radical (unpaired) electrons. The quantitative estimate of drug-likeness (QED) is 0.490. The van der Waals surface area contributed by atoms with Gasteiger partial charge in [0.05, 0.1) is 7.11 Å². The lowest BCUT2D eigenvalue weighted by molar-refractivity contribution is -0.135. The molecule has 1 aliphatic heterocycles. The highest BCUT2D eigenvalue weighted by Crippen LogP contribution is 2.19. The van der Waals surface area contributed by atoms with Crippen LogP contribution in [0.25, 0.3) is 0 Å². The van der Waals surface area contributed by atoms with Crippen LogP contribution in [0.3, 0.4) is 0 Å². The molecule has 1 heterocycles. The third-order valence-electron chi connectivity index (χ3n) is 5.18. The van der Waals surface area contributed by atoms with Gasteiger partial charge in [0.25, 0.3) is 0 Å². The fraction of sp³-hybridized carbons (Fsp3) is 0.619. The summed E-state index contributed by atoms with van der Waals surface area (Å²) in [5, 5.41) is 0. The minimum absolute atomic E-state index is 0.0263. The van der Waals surface area contributed by atoms with E-state index >= 15 is 0 Å². The average Bonchev–Trinajstić information content (AvgIpc) is 2.67. The highest BCUT2D eigenvalue weighted by molar-refractivity contribution is 5.98. The lowest BCUT2D eigenvalue weighted by Gasteiger charge is -2.44. The van der Waals surface area contributed by atoms with E-state index in [9.17, 15) is 9.59 Å². The van der Waals surface area contributed by atoms with Crippen LogP contribution >= 0.6 is 0 Å². The van der Waals surface area contributed by atoms with Gasteiger partial charge in [0, 0.05) is 63.8 Å². The number of amides is 1. The van der Waals surface area contributed by atoms with E-state index in [1.54, 1.807) is 38.5 Å². The number of piperazine rings is 1. The van der Waals surface area contributed by atoms with E-state index in [2.05, 4.69) is 18.7 Å². The molecule has 1 aromatic carbocycles. The second-order valence-electron chi connectivity index (χ2n) is 7.24. The first-order valence-corrected chi connectivity index (χ1v) is 9.66. The normalized spacial score (nSPS) is 20.5. The fourth-order valence-corrected chi connectivity index (χ4v) is 3.71. The van der Waals surface area contributed by atoms with Crippen molar-refractivity contribution in [2.24, 2.45) is 0 Å². The summed E-state index contributed by atoms with van der Waals surface area (Å²) in [6.07, 6.45) is 1.47. The second kappa shape index (κ2) is 10.4. The monoisotopic (exact) mass is 376 g/mol. The van der Waals surface area contributed by atoms with E-state index in [4.69, 9.17) is 9.47 Å². The Morgan fingerprint density at radius 2 is 1.81 bits per heavy atom. The van der Waals surface area contributed by atoms with Gasteiger partial charge < -0.3 is 14.4 Å². The molecule has 2 atom stereocenters. The van der Waals surface area contributed by atoms with Gasteiger partial charge in [0.2, 0.25) is 5.91 Å². The molecular weight excluding hydrogens is 344 g/mol. The zero-order chi connectivity index (χ0) is 19.8. The van der Waals surface area contributed by atoms with Gasteiger partial charge in [-0.2, -0.15) is 0 Å². The van der Waals surface area contributed by atoms with Crippen molar-refractivity contribution in [3.05, 3.63) is 29.8 Å². The van der Waals surface area contributed by atoms with Gasteiger partial charge in [-0.25, -0.2) is 0 Å². The second-order valence-corrected chi connectivity index (χ2v) is 7.24. The van der Waals surface area contributed by atoms with Gasteiger partial charge in [-0.3, -0.25) is 14.5 Å². The van der Waals surface area contributed by atoms with E-state index in [-0.39, 0.29) is 24.5 Å². The number of nitrogens with zero attached hydrogens (tertiary/aromatic N) is 2. The van der Waals surface area contributed by atoms with Crippen molar-refractivity contribution >= 4 is 11.7 Å². The maximum Gasteiger partial charge on any atom is 0.223 e. The molecule has 1 aliphatic rings. The summed E-state index contributed by atoms with van der Waals surface area (Å²) >= 11 is 0. The Kier molecular flexibility index (Phi) is 8.25. The maximum absolute atomic E-state index is 12.6. The molecule has 1 aromatic rings. The number of carbonyl (C=O) groups is 2. The average molecular weight is 376 g/mol. The predicted molar refractivity (Wildman–Crippen MR) is 105 cm³/mol. The molecule has 2 unspecified atom stereocenters. The summed E-state index contributed by atoms with van der Waals surface area (Å²) in [6, 6.07) is 7.69. The van der Waals surface area contributed by atoms with Gasteiger partial charge in [0.1, 0.15) is 5.75 Å². The minimum atomic E-state index is -0.0263. The van der Waals surface area contributed by atoms with Crippen LogP contribution in [0.15, 0.2) is 24.3 Å². The smallest absolute Gasteiger partial charge is 0.223 e. The first-order valence-electron chi connectivity index (χ1n) is 9.66. The van der Waals surface area contributed by atoms with E-state index in [0.29, 0.717) is 36.5 Å². The van der Waals surface area contributed by atoms with Crippen molar-refractivity contribution < 1.29 is 19.1 Å². The summed E-state index contributed by atoms with van der Waals surface area (Å²) < 4.78 is 10.3. The summed E-state index contributed by atoms with van der Waals surface area (Å²) in [5.41, 5.74) is 0.590. The van der Waals surface area contributed by atoms with Crippen LogP contribution < -0.4 is 4.74 Å². The van der Waals surface area contributed by atoms with Crippen LogP contribution in [-0.2, 0) is 9.53 Å². The molecule has 0 spiro atoms. The summed E-state index contributed by atoms with van der Waals surface area (Å²) in [6.45, 7) is 7.47. The van der Waals surface area contributed by atoms with Crippen molar-refractivity contribution in [2.75, 3.05) is 40.5 Å². The molecule has 0 aromatic heterocycles. The molecule has 6 heteroatoms. The highest BCUT2D eigenvalue weighted by Gasteiger charge is 2.31. The standard InChI is InChI=1S/C21H32N2O4/c1-16-14-22(15-17(2)23(16)11-6-12-26-3)21(25)10-9-20(24)18-7-5-8-19(13-18)27-4/h5,7-8,13,16-17H,6,9-12,14-15H2,1-4H3. The predicted octanol–water partition coefficient (Wildman–Crippen LogP) is 2.62. The fourth-order valence-electron chi connectivity index (χ4n) is 3.71. The Morgan fingerprint density at radius 1 is 1.11 bits per heavy atom. The lowest BCUT2D eigenvalue weighted by Crippen LogP contribution is -2.58. The van der Waals surface area contributed by atoms with Crippen LogP contribution in [0, 0.1) is 0 Å². The zero-order valence-corrected chi connectivity index (χ0v) is 16.9. The number of ether oxygens (including phenoxy) is 2. The van der Waals surface area contributed by atoms with Gasteiger partial charge in [0.15, 0.2) is 5.78 Å². The van der Waals surface area contributed by atoms with Crippen molar-refractivity contribution in [3.8, 4) is 5.75 Å². The van der Waals surface area contributed by atoms with Crippen LogP contribution in [-0.4, -0.2) is 74.0 Å². The number of carbonyl (C=O) groups excluding carboxylic acids is 2. The number of hydrogen-bond acceptors (Lipinski definition) is 5. The summed E-state index contributed by atoms with van der Waals surface area (Å²) in [7, 11) is 3.29.